The third-order valence-corrected chi connectivity index (χ3v) is 5.15. The van der Waals surface area contributed by atoms with Gasteiger partial charge < -0.3 is 5.73 Å². The maximum atomic E-state index is 5.88. The molecule has 3 nitrogen and oxygen atoms in total. The molecule has 1 aromatic carbocycles. The van der Waals surface area contributed by atoms with Gasteiger partial charge in [0.15, 0.2) is 4.96 Å². The molecule has 0 fully saturated rings. The van der Waals surface area contributed by atoms with Crippen LogP contribution in [0.15, 0.2) is 29.6 Å². The molecule has 2 N–H and O–H groups in total. The topological polar surface area (TPSA) is 43.3 Å². The largest absolute Gasteiger partial charge is 0.330 e. The lowest BCUT2D eigenvalue weighted by Gasteiger charge is -2.09. The summed E-state index contributed by atoms with van der Waals surface area (Å²) in [5, 5.41) is 2.22. The minimum Gasteiger partial charge on any atom is -0.330 e. The van der Waals surface area contributed by atoms with Gasteiger partial charge in [-0.3, -0.25) is 4.40 Å². The van der Waals surface area contributed by atoms with Gasteiger partial charge in [0, 0.05) is 23.1 Å². The average Bonchev–Trinajstić information content (AvgIpc) is 3.08. The fourth-order valence-corrected chi connectivity index (χ4v) is 4.03. The van der Waals surface area contributed by atoms with Crippen molar-refractivity contribution in [2.75, 3.05) is 6.54 Å². The van der Waals surface area contributed by atoms with Crippen LogP contribution in [0.5, 0.6) is 0 Å². The molecule has 4 heteroatoms. The Morgan fingerprint density at radius 3 is 2.35 bits per heavy atom. The van der Waals surface area contributed by atoms with Gasteiger partial charge in [-0.25, -0.2) is 4.98 Å². The van der Waals surface area contributed by atoms with E-state index in [1.54, 1.807) is 11.3 Å². The lowest BCUT2D eigenvalue weighted by atomic mass is 10.00. The molecule has 3 aromatic rings. The normalized spacial score (nSPS) is 12.0. The number of imidazole rings is 1. The van der Waals surface area contributed by atoms with Crippen LogP contribution >= 0.6 is 11.3 Å². The molecule has 2 heterocycles. The van der Waals surface area contributed by atoms with E-state index in [0.717, 1.165) is 17.1 Å². The molecule has 0 aliphatic rings. The molecule has 0 saturated carbocycles. The third-order valence-electron chi connectivity index (χ3n) is 4.31. The summed E-state index contributed by atoms with van der Waals surface area (Å²) in [5.74, 6) is 1.02. The highest BCUT2D eigenvalue weighted by Gasteiger charge is 2.18. The number of nitrogens with two attached hydrogens (primary N) is 1. The van der Waals surface area contributed by atoms with Crippen LogP contribution in [0.1, 0.15) is 56.5 Å². The number of thiazole rings is 1. The van der Waals surface area contributed by atoms with Crippen molar-refractivity contribution in [3.63, 3.8) is 0 Å². The predicted octanol–water partition coefficient (Wildman–Crippen LogP) is 4.81. The molecular weight excluding hydrogens is 302 g/mol. The average molecular weight is 327 g/mol. The first-order valence-corrected chi connectivity index (χ1v) is 9.20. The van der Waals surface area contributed by atoms with Gasteiger partial charge in [0.05, 0.1) is 11.4 Å². The second kappa shape index (κ2) is 6.46. The van der Waals surface area contributed by atoms with E-state index in [1.165, 1.54) is 22.5 Å². The zero-order valence-corrected chi connectivity index (χ0v) is 15.2. The maximum Gasteiger partial charge on any atom is 0.194 e. The lowest BCUT2D eigenvalue weighted by Crippen LogP contribution is -2.08. The van der Waals surface area contributed by atoms with Crippen LogP contribution < -0.4 is 5.73 Å². The molecule has 122 valence electrons. The van der Waals surface area contributed by atoms with Gasteiger partial charge in [0.1, 0.15) is 0 Å². The minimum atomic E-state index is 0.477. The Bertz CT molecular complexity index is 794. The van der Waals surface area contributed by atoms with E-state index in [4.69, 9.17) is 10.7 Å². The maximum absolute atomic E-state index is 5.88. The molecule has 0 aliphatic carbocycles. The number of hydrogen-bond acceptors (Lipinski definition) is 3. The molecule has 0 saturated heterocycles. The first-order chi connectivity index (χ1) is 11.0. The molecule has 23 heavy (non-hydrogen) atoms. The molecule has 3 rings (SSSR count). The van der Waals surface area contributed by atoms with Crippen molar-refractivity contribution < 1.29 is 0 Å². The van der Waals surface area contributed by atoms with Crippen LogP contribution in [0.25, 0.3) is 16.2 Å². The van der Waals surface area contributed by atoms with E-state index in [1.807, 2.05) is 0 Å². The van der Waals surface area contributed by atoms with Gasteiger partial charge in [-0.15, -0.1) is 11.3 Å². The van der Waals surface area contributed by atoms with E-state index >= 15 is 0 Å². The van der Waals surface area contributed by atoms with Gasteiger partial charge in [-0.05, 0) is 23.9 Å². The highest BCUT2D eigenvalue weighted by Crippen LogP contribution is 2.32. The Hall–Kier alpha value is -1.65. The molecule has 0 atom stereocenters. The highest BCUT2D eigenvalue weighted by atomic mass is 32.1. The second-order valence-electron chi connectivity index (χ2n) is 6.66. The summed E-state index contributed by atoms with van der Waals surface area (Å²) in [5.41, 5.74) is 12.1. The summed E-state index contributed by atoms with van der Waals surface area (Å²) >= 11 is 1.72. The van der Waals surface area contributed by atoms with E-state index in [0.29, 0.717) is 18.4 Å². The number of rotatable bonds is 5. The van der Waals surface area contributed by atoms with E-state index in [2.05, 4.69) is 61.7 Å². The Morgan fingerprint density at radius 1 is 1.09 bits per heavy atom. The van der Waals surface area contributed by atoms with Crippen LogP contribution in [0, 0.1) is 0 Å². The molecule has 0 aliphatic heterocycles. The zero-order chi connectivity index (χ0) is 16.6. The molecule has 0 bridgehead atoms. The highest BCUT2D eigenvalue weighted by molar-refractivity contribution is 7.15. The fourth-order valence-electron chi connectivity index (χ4n) is 2.96. The van der Waals surface area contributed by atoms with E-state index in [9.17, 15) is 0 Å². The number of hydrogen-bond donors (Lipinski definition) is 1. The SMILES string of the molecule is CC(C)c1ccc(-c2nc3scc(C(C)C)n3c2CCN)cc1. The first kappa shape index (κ1) is 16.2. The van der Waals surface area contributed by atoms with Crippen molar-refractivity contribution in [2.45, 2.75) is 46.0 Å². The Morgan fingerprint density at radius 2 is 1.78 bits per heavy atom. The minimum absolute atomic E-state index is 0.477. The van der Waals surface area contributed by atoms with Crippen molar-refractivity contribution in [3.8, 4) is 11.3 Å². The summed E-state index contributed by atoms with van der Waals surface area (Å²) in [7, 11) is 0. The van der Waals surface area contributed by atoms with Crippen molar-refractivity contribution in [1.29, 1.82) is 0 Å². The summed E-state index contributed by atoms with van der Waals surface area (Å²) in [6.45, 7) is 9.53. The number of nitrogens with zero attached hydrogens (tertiary/aromatic N) is 2. The molecule has 0 amide bonds. The first-order valence-electron chi connectivity index (χ1n) is 8.32. The Balaban J connectivity index is 2.14. The van der Waals surface area contributed by atoms with Gasteiger partial charge in [0.25, 0.3) is 0 Å². The van der Waals surface area contributed by atoms with Crippen molar-refractivity contribution in [3.05, 3.63) is 46.6 Å². The van der Waals surface area contributed by atoms with Crippen LogP contribution in [-0.4, -0.2) is 15.9 Å². The standard InChI is InChI=1S/C19H25N3S/c1-12(2)14-5-7-15(8-6-14)18-16(9-10-20)22-17(13(3)4)11-23-19(22)21-18/h5-8,11-13H,9-10,20H2,1-4H3. The van der Waals surface area contributed by atoms with E-state index in [-0.39, 0.29) is 0 Å². The van der Waals surface area contributed by atoms with Crippen molar-refractivity contribution in [1.82, 2.24) is 9.38 Å². The quantitative estimate of drug-likeness (QED) is 0.730. The van der Waals surface area contributed by atoms with Crippen LogP contribution in [0.3, 0.4) is 0 Å². The summed E-state index contributed by atoms with van der Waals surface area (Å²) < 4.78 is 2.31. The Kier molecular flexibility index (Phi) is 4.55. The molecule has 2 aromatic heterocycles. The summed E-state index contributed by atoms with van der Waals surface area (Å²) in [6.07, 6.45) is 0.846. The Labute approximate surface area is 142 Å². The molecule has 0 unspecified atom stereocenters. The fraction of sp³-hybridized carbons (Fsp3) is 0.421. The van der Waals surface area contributed by atoms with Crippen LogP contribution in [-0.2, 0) is 6.42 Å². The third kappa shape index (κ3) is 2.93. The number of aromatic nitrogens is 2. The lowest BCUT2D eigenvalue weighted by molar-refractivity contribution is 0.786. The van der Waals surface area contributed by atoms with Gasteiger partial charge in [-0.1, -0.05) is 52.0 Å². The second-order valence-corrected chi connectivity index (χ2v) is 7.49. The van der Waals surface area contributed by atoms with Crippen molar-refractivity contribution in [2.24, 2.45) is 5.73 Å². The molecule has 0 spiro atoms. The summed E-state index contributed by atoms with van der Waals surface area (Å²) in [6, 6.07) is 8.81. The molecule has 0 radical (unpaired) electrons. The van der Waals surface area contributed by atoms with Crippen molar-refractivity contribution >= 4 is 16.3 Å². The monoisotopic (exact) mass is 327 g/mol. The van der Waals surface area contributed by atoms with E-state index < -0.39 is 0 Å². The van der Waals surface area contributed by atoms with Crippen LogP contribution in [0.2, 0.25) is 0 Å². The number of fused-ring (bicyclic) bond motifs is 1. The summed E-state index contributed by atoms with van der Waals surface area (Å²) in [4.78, 5) is 5.97. The smallest absolute Gasteiger partial charge is 0.194 e. The number of benzene rings is 1. The van der Waals surface area contributed by atoms with Gasteiger partial charge in [-0.2, -0.15) is 0 Å². The van der Waals surface area contributed by atoms with Crippen LogP contribution in [0.4, 0.5) is 0 Å². The zero-order valence-electron chi connectivity index (χ0n) is 14.3. The van der Waals surface area contributed by atoms with Gasteiger partial charge in [0.2, 0.25) is 0 Å². The predicted molar refractivity (Wildman–Crippen MR) is 99.4 cm³/mol. The molecular formula is C19H25N3S. The van der Waals surface area contributed by atoms with Gasteiger partial charge >= 0.3 is 0 Å².